The Morgan fingerprint density at radius 1 is 1.00 bits per heavy atom. The molecule has 21 heavy (non-hydrogen) atoms. The standard InChI is InChI=1S/C19H21NO/c1-4-20-12-15-6-7-17(14(3)10-15)19-11-16-9-13(2)5-8-18(16)21-19/h5-11,20H,4,12H2,1-3H3. The molecule has 1 aromatic heterocycles. The van der Waals surface area contributed by atoms with Gasteiger partial charge in [-0.2, -0.15) is 0 Å². The van der Waals surface area contributed by atoms with Crippen molar-refractivity contribution in [2.45, 2.75) is 27.3 Å². The summed E-state index contributed by atoms with van der Waals surface area (Å²) in [5.41, 5.74) is 5.94. The van der Waals surface area contributed by atoms with Crippen molar-refractivity contribution in [2.75, 3.05) is 6.54 Å². The molecule has 0 aliphatic carbocycles. The van der Waals surface area contributed by atoms with Crippen molar-refractivity contribution in [3.05, 3.63) is 59.2 Å². The van der Waals surface area contributed by atoms with Gasteiger partial charge in [-0.15, -0.1) is 0 Å². The summed E-state index contributed by atoms with van der Waals surface area (Å²) in [7, 11) is 0. The Morgan fingerprint density at radius 2 is 1.86 bits per heavy atom. The highest BCUT2D eigenvalue weighted by Crippen LogP contribution is 2.30. The number of rotatable bonds is 4. The maximum Gasteiger partial charge on any atom is 0.135 e. The molecule has 0 aliphatic rings. The Kier molecular flexibility index (Phi) is 3.80. The molecule has 0 atom stereocenters. The van der Waals surface area contributed by atoms with E-state index >= 15 is 0 Å². The van der Waals surface area contributed by atoms with Gasteiger partial charge in [0.15, 0.2) is 0 Å². The van der Waals surface area contributed by atoms with Crippen LogP contribution in [0.3, 0.4) is 0 Å². The summed E-state index contributed by atoms with van der Waals surface area (Å²) in [6.45, 7) is 8.27. The van der Waals surface area contributed by atoms with Crippen LogP contribution >= 0.6 is 0 Å². The Labute approximate surface area is 125 Å². The van der Waals surface area contributed by atoms with Gasteiger partial charge in [-0.25, -0.2) is 0 Å². The number of fused-ring (bicyclic) bond motifs is 1. The summed E-state index contributed by atoms with van der Waals surface area (Å²) in [6, 6.07) is 15.0. The van der Waals surface area contributed by atoms with Crippen LogP contribution in [0.2, 0.25) is 0 Å². The van der Waals surface area contributed by atoms with Gasteiger partial charge in [0.2, 0.25) is 0 Å². The van der Waals surface area contributed by atoms with Crippen LogP contribution in [0.25, 0.3) is 22.3 Å². The van der Waals surface area contributed by atoms with E-state index in [0.717, 1.165) is 24.4 Å². The van der Waals surface area contributed by atoms with E-state index in [9.17, 15) is 0 Å². The zero-order valence-corrected chi connectivity index (χ0v) is 12.9. The van der Waals surface area contributed by atoms with Crippen LogP contribution in [0.4, 0.5) is 0 Å². The van der Waals surface area contributed by atoms with E-state index in [2.05, 4.69) is 62.5 Å². The molecule has 0 saturated carbocycles. The zero-order valence-electron chi connectivity index (χ0n) is 12.9. The van der Waals surface area contributed by atoms with Crippen LogP contribution in [0, 0.1) is 13.8 Å². The fourth-order valence-corrected chi connectivity index (χ4v) is 2.68. The van der Waals surface area contributed by atoms with Crippen LogP contribution in [0.1, 0.15) is 23.6 Å². The third-order valence-electron chi connectivity index (χ3n) is 3.81. The van der Waals surface area contributed by atoms with Crippen molar-refractivity contribution in [3.8, 4) is 11.3 Å². The van der Waals surface area contributed by atoms with E-state index in [1.54, 1.807) is 0 Å². The van der Waals surface area contributed by atoms with Gasteiger partial charge in [0.05, 0.1) is 0 Å². The van der Waals surface area contributed by atoms with Crippen molar-refractivity contribution in [2.24, 2.45) is 0 Å². The summed E-state index contributed by atoms with van der Waals surface area (Å²) >= 11 is 0. The van der Waals surface area contributed by atoms with E-state index in [4.69, 9.17) is 4.42 Å². The first-order chi connectivity index (χ1) is 10.2. The topological polar surface area (TPSA) is 25.2 Å². The highest BCUT2D eigenvalue weighted by atomic mass is 16.3. The second-order valence-corrected chi connectivity index (χ2v) is 5.58. The highest BCUT2D eigenvalue weighted by molar-refractivity contribution is 5.84. The van der Waals surface area contributed by atoms with Crippen molar-refractivity contribution in [1.82, 2.24) is 5.32 Å². The number of hydrogen-bond donors (Lipinski definition) is 1. The Morgan fingerprint density at radius 3 is 2.62 bits per heavy atom. The van der Waals surface area contributed by atoms with E-state index in [1.165, 1.54) is 27.6 Å². The average Bonchev–Trinajstić information content (AvgIpc) is 2.87. The molecule has 2 aromatic carbocycles. The average molecular weight is 279 g/mol. The largest absolute Gasteiger partial charge is 0.456 e. The van der Waals surface area contributed by atoms with Crippen molar-refractivity contribution >= 4 is 11.0 Å². The number of hydrogen-bond acceptors (Lipinski definition) is 2. The number of nitrogens with one attached hydrogen (secondary N) is 1. The maximum absolute atomic E-state index is 6.00. The predicted molar refractivity (Wildman–Crippen MR) is 88.5 cm³/mol. The van der Waals surface area contributed by atoms with E-state index < -0.39 is 0 Å². The van der Waals surface area contributed by atoms with E-state index in [0.29, 0.717) is 0 Å². The molecule has 1 N–H and O–H groups in total. The fraction of sp³-hybridized carbons (Fsp3) is 0.263. The molecule has 3 aromatic rings. The molecule has 1 heterocycles. The first-order valence-corrected chi connectivity index (χ1v) is 7.48. The first kappa shape index (κ1) is 13.9. The smallest absolute Gasteiger partial charge is 0.135 e. The minimum absolute atomic E-state index is 0.914. The highest BCUT2D eigenvalue weighted by Gasteiger charge is 2.09. The third-order valence-corrected chi connectivity index (χ3v) is 3.81. The molecule has 0 radical (unpaired) electrons. The Bertz CT molecular complexity index is 770. The zero-order chi connectivity index (χ0) is 14.8. The molecule has 0 fully saturated rings. The molecule has 108 valence electrons. The Balaban J connectivity index is 1.98. The quantitative estimate of drug-likeness (QED) is 0.740. The van der Waals surface area contributed by atoms with E-state index in [-0.39, 0.29) is 0 Å². The van der Waals surface area contributed by atoms with Crippen LogP contribution < -0.4 is 5.32 Å². The first-order valence-electron chi connectivity index (χ1n) is 7.48. The van der Waals surface area contributed by atoms with Crippen LogP contribution in [-0.2, 0) is 6.54 Å². The van der Waals surface area contributed by atoms with Crippen molar-refractivity contribution in [3.63, 3.8) is 0 Å². The van der Waals surface area contributed by atoms with Gasteiger partial charge in [0, 0.05) is 17.5 Å². The number of furan rings is 1. The SMILES string of the molecule is CCNCc1ccc(-c2cc3cc(C)ccc3o2)c(C)c1. The van der Waals surface area contributed by atoms with Gasteiger partial charge in [-0.3, -0.25) is 0 Å². The lowest BCUT2D eigenvalue weighted by atomic mass is 10.0. The minimum Gasteiger partial charge on any atom is -0.456 e. The van der Waals surface area contributed by atoms with Gasteiger partial charge in [0.1, 0.15) is 11.3 Å². The van der Waals surface area contributed by atoms with Gasteiger partial charge >= 0.3 is 0 Å². The molecule has 0 unspecified atom stereocenters. The summed E-state index contributed by atoms with van der Waals surface area (Å²) in [4.78, 5) is 0. The Hall–Kier alpha value is -2.06. The third kappa shape index (κ3) is 2.86. The van der Waals surface area contributed by atoms with Crippen molar-refractivity contribution < 1.29 is 4.42 Å². The normalized spacial score (nSPS) is 11.2. The maximum atomic E-state index is 6.00. The van der Waals surface area contributed by atoms with Gasteiger partial charge in [-0.05, 0) is 49.7 Å². The summed E-state index contributed by atoms with van der Waals surface area (Å²) in [6.07, 6.45) is 0. The predicted octanol–water partition coefficient (Wildman–Crippen LogP) is 4.83. The number of benzene rings is 2. The molecule has 0 amide bonds. The second kappa shape index (κ2) is 5.74. The lowest BCUT2D eigenvalue weighted by Crippen LogP contribution is -2.11. The second-order valence-electron chi connectivity index (χ2n) is 5.58. The van der Waals surface area contributed by atoms with Crippen molar-refractivity contribution in [1.29, 1.82) is 0 Å². The van der Waals surface area contributed by atoms with Crippen LogP contribution in [0.5, 0.6) is 0 Å². The number of aryl methyl sites for hydroxylation is 2. The fourth-order valence-electron chi connectivity index (χ4n) is 2.68. The molecular weight excluding hydrogens is 258 g/mol. The van der Waals surface area contributed by atoms with Crippen LogP contribution in [0.15, 0.2) is 46.9 Å². The molecule has 0 saturated heterocycles. The molecule has 2 nitrogen and oxygen atoms in total. The molecule has 0 aliphatic heterocycles. The molecule has 0 spiro atoms. The van der Waals surface area contributed by atoms with Gasteiger partial charge in [0.25, 0.3) is 0 Å². The van der Waals surface area contributed by atoms with Gasteiger partial charge < -0.3 is 9.73 Å². The van der Waals surface area contributed by atoms with Gasteiger partial charge in [-0.1, -0.05) is 36.8 Å². The summed E-state index contributed by atoms with van der Waals surface area (Å²) in [5, 5.41) is 4.52. The summed E-state index contributed by atoms with van der Waals surface area (Å²) < 4.78 is 6.00. The monoisotopic (exact) mass is 279 g/mol. The minimum atomic E-state index is 0.914. The summed E-state index contributed by atoms with van der Waals surface area (Å²) in [5.74, 6) is 0.947. The molecule has 2 heteroatoms. The lowest BCUT2D eigenvalue weighted by molar-refractivity contribution is 0.631. The molecule has 3 rings (SSSR count). The van der Waals surface area contributed by atoms with E-state index in [1.807, 2.05) is 6.07 Å². The molecular formula is C19H21NO. The lowest BCUT2D eigenvalue weighted by Gasteiger charge is -2.07. The van der Waals surface area contributed by atoms with Crippen LogP contribution in [-0.4, -0.2) is 6.54 Å². The molecule has 0 bridgehead atoms.